The lowest BCUT2D eigenvalue weighted by Crippen LogP contribution is -2.60. The number of imide groups is 1. The third-order valence-corrected chi connectivity index (χ3v) is 17.0. The van der Waals surface area contributed by atoms with Gasteiger partial charge in [0.15, 0.2) is 0 Å². The molecule has 2 aliphatic carbocycles. The first-order chi connectivity index (χ1) is 38.1. The Labute approximate surface area is 472 Å². The van der Waals surface area contributed by atoms with Crippen LogP contribution in [0.25, 0.3) is 0 Å². The number of likely N-dealkylation sites (N-methyl/N-ethyl adjacent to an activating group) is 2. The van der Waals surface area contributed by atoms with Crippen LogP contribution in [0.5, 0.6) is 0 Å². The fraction of sp³-hybridized carbons (Fsp3) is 0.678. The summed E-state index contributed by atoms with van der Waals surface area (Å²) in [4.78, 5) is 133. The third kappa shape index (κ3) is 15.1. The summed E-state index contributed by atoms with van der Waals surface area (Å²) in [6.45, 7) is 14.4. The standard InChI is InChI=1S/C59H89N9O12/c1-12-38(6)53(65(9)58(77)51(36(2)3)61-56(75)52(37(4)5)64(8)30-20-25-47(70)63-62-46(69)24-17-14-18-31-67-48(71)26-27-49(67)72)43(78-10)34-50(73)66-32-19-23-42(66)54(79-11)39(7)55(74)60-41(33-40-21-15-13-16-22-40)57(76)68-44-28-29-59(44)35-45(59)80-68/h13,15-16,21-22,26-29,36-39,41-45,51-54H,12,14,17-20,23-25,30-35H2,1-11H3,(H,60,74)(H,61,75)(H,62,69)(H,63,70)/t38-,39+,41-,42-,43+,44?,45?,51-,52-,53-,54+,59?/m0/s1. The van der Waals surface area contributed by atoms with E-state index in [0.717, 1.165) is 16.9 Å². The number of benzene rings is 1. The summed E-state index contributed by atoms with van der Waals surface area (Å²) in [7, 11) is 6.54. The van der Waals surface area contributed by atoms with E-state index in [1.54, 1.807) is 30.8 Å². The van der Waals surface area contributed by atoms with Gasteiger partial charge < -0.3 is 29.9 Å². The molecule has 0 radical (unpaired) electrons. The number of likely N-dealkylation sites (tertiary alicyclic amines) is 1. The summed E-state index contributed by atoms with van der Waals surface area (Å²) < 4.78 is 12.2. The maximum atomic E-state index is 14.7. The minimum Gasteiger partial charge on any atom is -0.379 e. The van der Waals surface area contributed by atoms with Crippen molar-refractivity contribution in [1.29, 1.82) is 0 Å². The number of hydroxylamine groups is 2. The number of hydrazine groups is 1. The quantitative estimate of drug-likeness (QED) is 0.0360. The summed E-state index contributed by atoms with van der Waals surface area (Å²) in [5, 5.41) is 7.54. The van der Waals surface area contributed by atoms with Gasteiger partial charge >= 0.3 is 0 Å². The fourth-order valence-electron chi connectivity index (χ4n) is 12.1. The van der Waals surface area contributed by atoms with Gasteiger partial charge in [-0.25, -0.2) is 5.06 Å². The average Bonchev–Trinajstić information content (AvgIpc) is 3.00. The van der Waals surface area contributed by atoms with Gasteiger partial charge in [-0.2, -0.15) is 0 Å². The van der Waals surface area contributed by atoms with Crippen molar-refractivity contribution in [2.75, 3.05) is 47.9 Å². The number of hydrogen-bond acceptors (Lipinski definition) is 13. The van der Waals surface area contributed by atoms with Gasteiger partial charge in [-0.3, -0.25) is 68.6 Å². The predicted molar refractivity (Wildman–Crippen MR) is 298 cm³/mol. The number of methoxy groups -OCH3 is 2. The molecule has 0 bridgehead atoms. The second kappa shape index (κ2) is 28.6. The molecule has 12 atom stereocenters. The predicted octanol–water partition coefficient (Wildman–Crippen LogP) is 3.62. The van der Waals surface area contributed by atoms with Gasteiger partial charge in [0.1, 0.15) is 12.1 Å². The van der Waals surface area contributed by atoms with E-state index in [1.165, 1.54) is 31.4 Å². The number of nitrogens with one attached hydrogen (secondary N) is 4. The van der Waals surface area contributed by atoms with Crippen LogP contribution in [0, 0.1) is 29.1 Å². The highest BCUT2D eigenvalue weighted by Gasteiger charge is 2.71. The lowest BCUT2D eigenvalue weighted by molar-refractivity contribution is -0.187. The van der Waals surface area contributed by atoms with Crippen LogP contribution in [0.4, 0.5) is 0 Å². The summed E-state index contributed by atoms with van der Waals surface area (Å²) in [5.74, 6) is -4.36. The maximum Gasteiger partial charge on any atom is 0.269 e. The Balaban J connectivity index is 1.01. The van der Waals surface area contributed by atoms with Crippen molar-refractivity contribution in [3.05, 3.63) is 60.2 Å². The zero-order chi connectivity index (χ0) is 58.6. The van der Waals surface area contributed by atoms with Crippen LogP contribution in [-0.4, -0.2) is 180 Å². The van der Waals surface area contributed by atoms with E-state index < -0.39 is 54.2 Å². The van der Waals surface area contributed by atoms with Gasteiger partial charge in [0.25, 0.3) is 17.7 Å². The zero-order valence-corrected chi connectivity index (χ0v) is 48.9. The number of nitrogens with zero attached hydrogens (tertiary/aromatic N) is 5. The number of hydrogen-bond donors (Lipinski definition) is 4. The molecule has 21 nitrogen and oxygen atoms in total. The Bertz CT molecular complexity index is 2420. The van der Waals surface area contributed by atoms with Crippen molar-refractivity contribution < 1.29 is 57.5 Å². The summed E-state index contributed by atoms with van der Waals surface area (Å²) in [5.41, 5.74) is 5.64. The molecule has 5 aliphatic rings. The molecule has 1 spiro atoms. The van der Waals surface area contributed by atoms with Gasteiger partial charge in [-0.1, -0.05) is 104 Å². The molecule has 1 aromatic rings. The molecule has 3 fully saturated rings. The number of carbonyl (C=O) groups excluding carboxylic acids is 9. The minimum atomic E-state index is -0.923. The van der Waals surface area contributed by atoms with Crippen LogP contribution in [-0.2, 0) is 63.9 Å². The van der Waals surface area contributed by atoms with E-state index in [0.29, 0.717) is 58.0 Å². The van der Waals surface area contributed by atoms with Crippen LogP contribution in [0.15, 0.2) is 54.6 Å². The molecule has 80 heavy (non-hydrogen) atoms. The topological polar surface area (TPSA) is 246 Å². The Morgan fingerprint density at radius 2 is 1.49 bits per heavy atom. The van der Waals surface area contributed by atoms with Crippen LogP contribution in [0.2, 0.25) is 0 Å². The Kier molecular flexibility index (Phi) is 22.6. The Hall–Kier alpha value is -6.03. The molecule has 3 heterocycles. The third-order valence-electron chi connectivity index (χ3n) is 17.0. The highest BCUT2D eigenvalue weighted by Crippen LogP contribution is 2.64. The normalized spacial score (nSPS) is 22.9. The van der Waals surface area contributed by atoms with Crippen molar-refractivity contribution >= 4 is 53.2 Å². The van der Waals surface area contributed by atoms with Gasteiger partial charge in [-0.05, 0) is 75.4 Å². The highest BCUT2D eigenvalue weighted by atomic mass is 16.7. The van der Waals surface area contributed by atoms with E-state index in [2.05, 4.69) is 27.6 Å². The summed E-state index contributed by atoms with van der Waals surface area (Å²) >= 11 is 0. The smallest absolute Gasteiger partial charge is 0.269 e. The number of carbonyl (C=O) groups is 9. The highest BCUT2D eigenvalue weighted by molar-refractivity contribution is 6.12. The van der Waals surface area contributed by atoms with Crippen molar-refractivity contribution in [2.45, 2.75) is 180 Å². The molecule has 442 valence electrons. The SMILES string of the molecule is CC[C@H](C)[C@@H]([C@@H](CC(=O)N1CCC[C@H]1[C@H](OC)[C@@H](C)C(=O)N[C@@H](Cc1ccccc1)C(=O)N1OC2CC23C=CC13)OC)N(C)C(=O)[C@@H](NC(=O)[C@H](C(C)C)N(C)CCCC(=O)NNC(=O)CCCCCN1C(=O)C=CC1=O)C(C)C. The molecular formula is C59H89N9O12. The van der Waals surface area contributed by atoms with E-state index >= 15 is 0 Å². The maximum absolute atomic E-state index is 14.7. The molecule has 4 N–H and O–H groups in total. The summed E-state index contributed by atoms with van der Waals surface area (Å²) in [6, 6.07) is 5.88. The molecule has 3 unspecified atom stereocenters. The number of ether oxygens (including phenoxy) is 2. The second-order valence-corrected chi connectivity index (χ2v) is 23.3. The molecule has 6 rings (SSSR count). The molecule has 9 amide bonds. The number of amides is 9. The Morgan fingerprint density at radius 3 is 2.06 bits per heavy atom. The van der Waals surface area contributed by atoms with Gasteiger partial charge in [0.05, 0.1) is 54.8 Å². The van der Waals surface area contributed by atoms with E-state index in [-0.39, 0.29) is 115 Å². The first kappa shape index (κ1) is 63.2. The molecule has 21 heteroatoms. The van der Waals surface area contributed by atoms with Crippen LogP contribution >= 0.6 is 0 Å². The molecule has 0 aromatic heterocycles. The molecule has 2 saturated heterocycles. The second-order valence-electron chi connectivity index (χ2n) is 23.3. The van der Waals surface area contributed by atoms with Crippen molar-refractivity contribution in [3.63, 3.8) is 0 Å². The van der Waals surface area contributed by atoms with E-state index in [9.17, 15) is 43.2 Å². The van der Waals surface area contributed by atoms with Crippen LogP contribution in [0.1, 0.15) is 125 Å². The summed E-state index contributed by atoms with van der Waals surface area (Å²) in [6.07, 6.45) is 10.4. The number of unbranched alkanes of at least 4 members (excludes halogenated alkanes) is 2. The first-order valence-electron chi connectivity index (χ1n) is 28.9. The lowest BCUT2D eigenvalue weighted by Gasteiger charge is -2.41. The van der Waals surface area contributed by atoms with Crippen molar-refractivity contribution in [2.24, 2.45) is 29.1 Å². The number of rotatable bonds is 31. The lowest BCUT2D eigenvalue weighted by atomic mass is 9.85. The molecule has 1 saturated carbocycles. The van der Waals surface area contributed by atoms with E-state index in [1.807, 2.05) is 82.9 Å². The first-order valence-corrected chi connectivity index (χ1v) is 28.9. The minimum absolute atomic E-state index is 0.0273. The zero-order valence-electron chi connectivity index (χ0n) is 48.9. The Morgan fingerprint density at radius 1 is 0.825 bits per heavy atom. The average molecular weight is 1120 g/mol. The molecule has 3 aliphatic heterocycles. The van der Waals surface area contributed by atoms with Crippen LogP contribution in [0.3, 0.4) is 0 Å². The van der Waals surface area contributed by atoms with Gasteiger partial charge in [0.2, 0.25) is 35.4 Å². The van der Waals surface area contributed by atoms with Crippen molar-refractivity contribution in [1.82, 2.24) is 46.1 Å². The molecule has 1 aromatic carbocycles. The van der Waals surface area contributed by atoms with Crippen LogP contribution < -0.4 is 21.5 Å². The van der Waals surface area contributed by atoms with Gasteiger partial charge in [-0.15, -0.1) is 0 Å². The monoisotopic (exact) mass is 1120 g/mol. The largest absolute Gasteiger partial charge is 0.379 e. The fourth-order valence-corrected chi connectivity index (χ4v) is 12.1. The molecular weight excluding hydrogens is 1030 g/mol. The van der Waals surface area contributed by atoms with E-state index in [4.69, 9.17) is 14.3 Å². The van der Waals surface area contributed by atoms with Crippen molar-refractivity contribution in [3.8, 4) is 0 Å². The van der Waals surface area contributed by atoms with Gasteiger partial charge in [0, 0.05) is 71.2 Å².